The molecule has 104 valence electrons. The third kappa shape index (κ3) is 3.22. The zero-order valence-corrected chi connectivity index (χ0v) is 13.4. The van der Waals surface area contributed by atoms with E-state index in [0.717, 1.165) is 9.26 Å². The van der Waals surface area contributed by atoms with Crippen LogP contribution in [0.15, 0.2) is 36.4 Å². The van der Waals surface area contributed by atoms with E-state index in [-0.39, 0.29) is 5.91 Å². The molecule has 0 aliphatic carbocycles. The third-order valence-corrected chi connectivity index (χ3v) is 4.10. The van der Waals surface area contributed by atoms with Gasteiger partial charge in [-0.2, -0.15) is 0 Å². The van der Waals surface area contributed by atoms with Gasteiger partial charge in [0.2, 0.25) is 0 Å². The molecule has 0 radical (unpaired) electrons. The van der Waals surface area contributed by atoms with Gasteiger partial charge in [-0.1, -0.05) is 6.07 Å². The molecule has 2 aromatic carbocycles. The monoisotopic (exact) mass is 382 g/mol. The fraction of sp³-hybridized carbons (Fsp3) is 0.133. The first kappa shape index (κ1) is 14.6. The molecule has 0 heterocycles. The van der Waals surface area contributed by atoms with Crippen molar-refractivity contribution >= 4 is 39.9 Å². The van der Waals surface area contributed by atoms with Gasteiger partial charge in [0.05, 0.1) is 12.7 Å². The molecule has 2 rings (SSSR count). The first-order valence-corrected chi connectivity index (χ1v) is 7.10. The van der Waals surface area contributed by atoms with Crippen molar-refractivity contribution in [2.24, 2.45) is 0 Å². The molecule has 4 nitrogen and oxygen atoms in total. The van der Waals surface area contributed by atoms with E-state index in [4.69, 9.17) is 10.5 Å². The zero-order chi connectivity index (χ0) is 14.7. The summed E-state index contributed by atoms with van der Waals surface area (Å²) in [5, 5.41) is 2.84. The minimum Gasteiger partial charge on any atom is -0.497 e. The van der Waals surface area contributed by atoms with Crippen LogP contribution >= 0.6 is 22.6 Å². The Balaban J connectivity index is 2.25. The predicted octanol–water partition coefficient (Wildman–Crippen LogP) is 3.44. The number of carbonyl (C=O) groups excluding carboxylic acids is 1. The fourth-order valence-electron chi connectivity index (χ4n) is 1.73. The van der Waals surface area contributed by atoms with Gasteiger partial charge in [-0.25, -0.2) is 0 Å². The summed E-state index contributed by atoms with van der Waals surface area (Å²) in [5.74, 6) is 0.351. The molecule has 0 unspecified atom stereocenters. The van der Waals surface area contributed by atoms with Gasteiger partial charge in [-0.05, 0) is 65.4 Å². The van der Waals surface area contributed by atoms with Crippen LogP contribution in [0.2, 0.25) is 0 Å². The number of amides is 1. The van der Waals surface area contributed by atoms with Crippen LogP contribution in [0.4, 0.5) is 11.4 Å². The van der Waals surface area contributed by atoms with Crippen molar-refractivity contribution in [3.05, 3.63) is 51.1 Å². The summed E-state index contributed by atoms with van der Waals surface area (Å²) in [7, 11) is 1.55. The number of nitrogens with two attached hydrogens (primary N) is 1. The van der Waals surface area contributed by atoms with E-state index in [2.05, 4.69) is 27.9 Å². The Hall–Kier alpha value is -1.76. The first-order chi connectivity index (χ1) is 9.51. The van der Waals surface area contributed by atoms with Gasteiger partial charge in [0.15, 0.2) is 0 Å². The summed E-state index contributed by atoms with van der Waals surface area (Å²) in [4.78, 5) is 12.3. The second-order valence-corrected chi connectivity index (χ2v) is 5.53. The number of carbonyl (C=O) groups is 1. The van der Waals surface area contributed by atoms with Gasteiger partial charge in [0, 0.05) is 14.9 Å². The average Bonchev–Trinajstić information content (AvgIpc) is 2.43. The number of ether oxygens (including phenoxy) is 1. The molecule has 0 aliphatic rings. The van der Waals surface area contributed by atoms with E-state index in [0.29, 0.717) is 17.0 Å². The van der Waals surface area contributed by atoms with Crippen molar-refractivity contribution in [3.63, 3.8) is 0 Å². The molecule has 2 aromatic rings. The van der Waals surface area contributed by atoms with E-state index in [9.17, 15) is 4.79 Å². The summed E-state index contributed by atoms with van der Waals surface area (Å²) < 4.78 is 6.20. The molecular weight excluding hydrogens is 367 g/mol. The Bertz CT molecular complexity index is 656. The van der Waals surface area contributed by atoms with Gasteiger partial charge in [0.1, 0.15) is 5.75 Å². The van der Waals surface area contributed by atoms with Crippen LogP contribution in [0, 0.1) is 10.5 Å². The third-order valence-electron chi connectivity index (χ3n) is 2.93. The van der Waals surface area contributed by atoms with E-state index < -0.39 is 0 Å². The van der Waals surface area contributed by atoms with Crippen LogP contribution in [-0.2, 0) is 0 Å². The predicted molar refractivity (Wildman–Crippen MR) is 89.3 cm³/mol. The summed E-state index contributed by atoms with van der Waals surface area (Å²) in [5.41, 5.74) is 8.57. The van der Waals surface area contributed by atoms with Crippen molar-refractivity contribution in [3.8, 4) is 5.75 Å². The number of hydrogen-bond acceptors (Lipinski definition) is 3. The SMILES string of the molecule is COc1ccc(N)c(C(=O)Nc2ccc(C)c(I)c2)c1. The number of nitrogen functional groups attached to an aromatic ring is 1. The summed E-state index contributed by atoms with van der Waals surface area (Å²) >= 11 is 2.23. The Kier molecular flexibility index (Phi) is 4.49. The maximum atomic E-state index is 12.3. The largest absolute Gasteiger partial charge is 0.497 e. The maximum absolute atomic E-state index is 12.3. The van der Waals surface area contributed by atoms with Gasteiger partial charge in [-0.15, -0.1) is 0 Å². The molecule has 20 heavy (non-hydrogen) atoms. The number of hydrogen-bond donors (Lipinski definition) is 2. The Morgan fingerprint density at radius 3 is 2.65 bits per heavy atom. The van der Waals surface area contributed by atoms with Gasteiger partial charge < -0.3 is 15.8 Å². The fourth-order valence-corrected chi connectivity index (χ4v) is 2.24. The number of halogens is 1. The first-order valence-electron chi connectivity index (χ1n) is 6.02. The maximum Gasteiger partial charge on any atom is 0.257 e. The number of anilines is 2. The Morgan fingerprint density at radius 2 is 2.00 bits per heavy atom. The number of methoxy groups -OCH3 is 1. The highest BCUT2D eigenvalue weighted by atomic mass is 127. The topological polar surface area (TPSA) is 64.3 Å². The van der Waals surface area contributed by atoms with Crippen LogP contribution in [-0.4, -0.2) is 13.0 Å². The lowest BCUT2D eigenvalue weighted by molar-refractivity contribution is 0.102. The van der Waals surface area contributed by atoms with E-state index in [1.807, 2.05) is 25.1 Å². The van der Waals surface area contributed by atoms with Crippen molar-refractivity contribution in [2.45, 2.75) is 6.92 Å². The molecule has 0 aliphatic heterocycles. The van der Waals surface area contributed by atoms with Gasteiger partial charge in [0.25, 0.3) is 5.91 Å². The van der Waals surface area contributed by atoms with Crippen molar-refractivity contribution in [1.29, 1.82) is 0 Å². The lowest BCUT2D eigenvalue weighted by Crippen LogP contribution is -2.14. The zero-order valence-electron chi connectivity index (χ0n) is 11.2. The van der Waals surface area contributed by atoms with E-state index in [1.165, 1.54) is 5.56 Å². The van der Waals surface area contributed by atoms with Crippen LogP contribution in [0.3, 0.4) is 0 Å². The highest BCUT2D eigenvalue weighted by Crippen LogP contribution is 2.22. The second kappa shape index (κ2) is 6.13. The van der Waals surface area contributed by atoms with Crippen LogP contribution in [0.1, 0.15) is 15.9 Å². The molecule has 3 N–H and O–H groups in total. The van der Waals surface area contributed by atoms with Crippen LogP contribution in [0.5, 0.6) is 5.75 Å². The molecule has 0 bridgehead atoms. The average molecular weight is 382 g/mol. The van der Waals surface area contributed by atoms with E-state index >= 15 is 0 Å². The van der Waals surface area contributed by atoms with Gasteiger partial charge in [-0.3, -0.25) is 4.79 Å². The molecule has 0 fully saturated rings. The van der Waals surface area contributed by atoms with E-state index in [1.54, 1.807) is 25.3 Å². The molecule has 0 atom stereocenters. The van der Waals surface area contributed by atoms with Crippen molar-refractivity contribution < 1.29 is 9.53 Å². The summed E-state index contributed by atoms with van der Waals surface area (Å²) in [6.45, 7) is 2.02. The molecule has 0 aromatic heterocycles. The minimum atomic E-state index is -0.249. The normalized spacial score (nSPS) is 10.2. The van der Waals surface area contributed by atoms with Crippen molar-refractivity contribution in [1.82, 2.24) is 0 Å². The second-order valence-electron chi connectivity index (χ2n) is 4.37. The minimum absolute atomic E-state index is 0.249. The lowest BCUT2D eigenvalue weighted by Gasteiger charge is -2.10. The molecule has 1 amide bonds. The number of aryl methyl sites for hydroxylation is 1. The number of rotatable bonds is 3. The molecule has 5 heteroatoms. The Labute approximate surface area is 131 Å². The van der Waals surface area contributed by atoms with Crippen LogP contribution in [0.25, 0.3) is 0 Å². The molecule has 0 saturated heterocycles. The number of benzene rings is 2. The standard InChI is InChI=1S/C15H15IN2O2/c1-9-3-4-10(7-13(9)16)18-15(19)12-8-11(20-2)5-6-14(12)17/h3-8H,17H2,1-2H3,(H,18,19). The summed E-state index contributed by atoms with van der Waals surface area (Å²) in [6.07, 6.45) is 0. The van der Waals surface area contributed by atoms with Crippen molar-refractivity contribution in [2.75, 3.05) is 18.2 Å². The number of nitrogens with one attached hydrogen (secondary N) is 1. The van der Waals surface area contributed by atoms with Crippen LogP contribution < -0.4 is 15.8 Å². The van der Waals surface area contributed by atoms with Gasteiger partial charge >= 0.3 is 0 Å². The smallest absolute Gasteiger partial charge is 0.257 e. The molecular formula is C15H15IN2O2. The summed E-state index contributed by atoms with van der Waals surface area (Å²) in [6, 6.07) is 10.8. The molecule has 0 spiro atoms. The Morgan fingerprint density at radius 1 is 1.25 bits per heavy atom. The highest BCUT2D eigenvalue weighted by Gasteiger charge is 2.11. The molecule has 0 saturated carbocycles. The lowest BCUT2D eigenvalue weighted by atomic mass is 10.1. The highest BCUT2D eigenvalue weighted by molar-refractivity contribution is 14.1. The quantitative estimate of drug-likeness (QED) is 0.632.